The molecular formula is C23H29FN2O4. The van der Waals surface area contributed by atoms with E-state index in [1.807, 2.05) is 6.92 Å². The average molecular weight is 416 g/mol. The van der Waals surface area contributed by atoms with Crippen molar-refractivity contribution in [2.24, 2.45) is 7.05 Å². The lowest BCUT2D eigenvalue weighted by Gasteiger charge is -2.28. The lowest BCUT2D eigenvalue weighted by molar-refractivity contribution is 0.0513. The van der Waals surface area contributed by atoms with Crippen LogP contribution in [0.15, 0.2) is 24.3 Å². The molecular weight excluding hydrogens is 387 g/mol. The quantitative estimate of drug-likeness (QED) is 0.480. The number of ketones is 1. The smallest absolute Gasteiger partial charge is 0.355 e. The van der Waals surface area contributed by atoms with Gasteiger partial charge in [0.25, 0.3) is 5.91 Å². The second kappa shape index (κ2) is 9.69. The molecule has 0 bridgehead atoms. The number of carbonyl (C=O) groups is 3. The standard InChI is InChI=1S/C23H29FN2O4/c1-7-12-26(22(28)17-10-9-11-18(24)13-17)16(5)21(27)19-14(3)20(23(29)30-8-2)25(6)15(19)4/h9-11,13,16H,7-8,12H2,1-6H3. The Morgan fingerprint density at radius 1 is 1.20 bits per heavy atom. The monoisotopic (exact) mass is 416 g/mol. The molecule has 7 heteroatoms. The maximum atomic E-state index is 13.6. The Kier molecular flexibility index (Phi) is 7.54. The minimum absolute atomic E-state index is 0.191. The summed E-state index contributed by atoms with van der Waals surface area (Å²) in [5.41, 5.74) is 2.07. The van der Waals surface area contributed by atoms with Crippen LogP contribution in [0.3, 0.4) is 0 Å². The number of ether oxygens (including phenoxy) is 1. The van der Waals surface area contributed by atoms with Crippen LogP contribution >= 0.6 is 0 Å². The largest absolute Gasteiger partial charge is 0.461 e. The van der Waals surface area contributed by atoms with E-state index in [2.05, 4.69) is 0 Å². The minimum Gasteiger partial charge on any atom is -0.461 e. The van der Waals surface area contributed by atoms with Crippen molar-refractivity contribution < 1.29 is 23.5 Å². The van der Waals surface area contributed by atoms with E-state index < -0.39 is 23.7 Å². The molecule has 6 nitrogen and oxygen atoms in total. The molecule has 0 aliphatic carbocycles. The Hall–Kier alpha value is -2.96. The summed E-state index contributed by atoms with van der Waals surface area (Å²) in [5, 5.41) is 0. The third-order valence-corrected chi connectivity index (χ3v) is 5.29. The topological polar surface area (TPSA) is 68.6 Å². The number of nitrogens with zero attached hydrogens (tertiary/aromatic N) is 2. The summed E-state index contributed by atoms with van der Waals surface area (Å²) in [5.74, 6) is -1.68. The molecule has 1 unspecified atom stereocenters. The van der Waals surface area contributed by atoms with Crippen LogP contribution < -0.4 is 0 Å². The highest BCUT2D eigenvalue weighted by Gasteiger charge is 2.32. The van der Waals surface area contributed by atoms with Crippen molar-refractivity contribution in [3.05, 3.63) is 58.2 Å². The summed E-state index contributed by atoms with van der Waals surface area (Å²) in [6.45, 7) is 9.32. The maximum Gasteiger partial charge on any atom is 0.355 e. The van der Waals surface area contributed by atoms with E-state index in [4.69, 9.17) is 4.74 Å². The molecule has 0 saturated carbocycles. The van der Waals surface area contributed by atoms with Gasteiger partial charge in [0.1, 0.15) is 11.5 Å². The van der Waals surface area contributed by atoms with Crippen molar-refractivity contribution in [1.82, 2.24) is 9.47 Å². The van der Waals surface area contributed by atoms with E-state index in [0.29, 0.717) is 35.5 Å². The third kappa shape index (κ3) is 4.45. The number of hydrogen-bond acceptors (Lipinski definition) is 4. The highest BCUT2D eigenvalue weighted by molar-refractivity contribution is 6.07. The number of esters is 1. The molecule has 0 N–H and O–H groups in total. The normalized spacial score (nSPS) is 11.8. The summed E-state index contributed by atoms with van der Waals surface area (Å²) in [6, 6.07) is 4.65. The molecule has 0 radical (unpaired) electrons. The summed E-state index contributed by atoms with van der Waals surface area (Å²) < 4.78 is 20.4. The molecule has 0 aliphatic heterocycles. The maximum absolute atomic E-state index is 13.6. The fourth-order valence-electron chi connectivity index (χ4n) is 3.68. The van der Waals surface area contributed by atoms with E-state index in [1.165, 1.54) is 29.2 Å². The van der Waals surface area contributed by atoms with Gasteiger partial charge in [-0.1, -0.05) is 13.0 Å². The van der Waals surface area contributed by atoms with Crippen molar-refractivity contribution in [3.8, 4) is 0 Å². The van der Waals surface area contributed by atoms with Crippen LogP contribution in [0, 0.1) is 19.7 Å². The Balaban J connectivity index is 2.44. The van der Waals surface area contributed by atoms with Gasteiger partial charge in [-0.2, -0.15) is 0 Å². The second-order valence-corrected chi connectivity index (χ2v) is 7.26. The summed E-state index contributed by atoms with van der Waals surface area (Å²) in [7, 11) is 1.71. The first-order valence-corrected chi connectivity index (χ1v) is 10.1. The SMILES string of the molecule is CCCN(C(=O)c1cccc(F)c1)C(C)C(=O)c1c(C)c(C(=O)OCC)n(C)c1C. The third-order valence-electron chi connectivity index (χ3n) is 5.29. The minimum atomic E-state index is -0.782. The fraction of sp³-hybridized carbons (Fsp3) is 0.435. The predicted molar refractivity (Wildman–Crippen MR) is 112 cm³/mol. The van der Waals surface area contributed by atoms with E-state index in [0.717, 1.165) is 0 Å². The van der Waals surface area contributed by atoms with Crippen LogP contribution in [-0.2, 0) is 11.8 Å². The van der Waals surface area contributed by atoms with Crippen LogP contribution in [-0.4, -0.2) is 46.3 Å². The van der Waals surface area contributed by atoms with Crippen molar-refractivity contribution in [1.29, 1.82) is 0 Å². The van der Waals surface area contributed by atoms with E-state index in [1.54, 1.807) is 39.3 Å². The number of rotatable bonds is 8. The fourth-order valence-corrected chi connectivity index (χ4v) is 3.68. The first kappa shape index (κ1) is 23.3. The van der Waals surface area contributed by atoms with Crippen LogP contribution in [0.25, 0.3) is 0 Å². The van der Waals surface area contributed by atoms with Gasteiger partial charge in [-0.15, -0.1) is 0 Å². The molecule has 0 saturated heterocycles. The number of carbonyl (C=O) groups excluding carboxylic acids is 3. The first-order chi connectivity index (χ1) is 14.1. The Labute approximate surface area is 176 Å². The van der Waals surface area contributed by atoms with Gasteiger partial charge < -0.3 is 14.2 Å². The van der Waals surface area contributed by atoms with Crippen LogP contribution in [0.2, 0.25) is 0 Å². The average Bonchev–Trinajstić information content (AvgIpc) is 2.93. The Morgan fingerprint density at radius 3 is 2.43 bits per heavy atom. The highest BCUT2D eigenvalue weighted by Crippen LogP contribution is 2.25. The van der Waals surface area contributed by atoms with Gasteiger partial charge in [0.05, 0.1) is 12.6 Å². The van der Waals surface area contributed by atoms with Crippen molar-refractivity contribution in [2.45, 2.75) is 47.1 Å². The van der Waals surface area contributed by atoms with Crippen LogP contribution in [0.4, 0.5) is 4.39 Å². The lowest BCUT2D eigenvalue weighted by atomic mass is 9.99. The van der Waals surface area contributed by atoms with Crippen LogP contribution in [0.5, 0.6) is 0 Å². The van der Waals surface area contributed by atoms with Gasteiger partial charge in [-0.3, -0.25) is 9.59 Å². The van der Waals surface area contributed by atoms with Crippen molar-refractivity contribution in [3.63, 3.8) is 0 Å². The van der Waals surface area contributed by atoms with Gasteiger partial charge in [-0.05, 0) is 57.9 Å². The molecule has 0 fully saturated rings. The van der Waals surface area contributed by atoms with E-state index in [9.17, 15) is 18.8 Å². The zero-order chi connectivity index (χ0) is 22.6. The number of aromatic nitrogens is 1. The zero-order valence-electron chi connectivity index (χ0n) is 18.4. The molecule has 1 amide bonds. The number of Topliss-reactive ketones (excluding diaryl/α,β-unsaturated/α-hetero) is 1. The second-order valence-electron chi connectivity index (χ2n) is 7.26. The number of hydrogen-bond donors (Lipinski definition) is 0. The molecule has 1 aromatic heterocycles. The first-order valence-electron chi connectivity index (χ1n) is 10.1. The molecule has 162 valence electrons. The van der Waals surface area contributed by atoms with Crippen molar-refractivity contribution in [2.75, 3.05) is 13.2 Å². The van der Waals surface area contributed by atoms with Gasteiger partial charge in [0.2, 0.25) is 0 Å². The van der Waals surface area contributed by atoms with Crippen molar-refractivity contribution >= 4 is 17.7 Å². The summed E-state index contributed by atoms with van der Waals surface area (Å²) in [4.78, 5) is 40.2. The Morgan fingerprint density at radius 2 is 1.87 bits per heavy atom. The summed E-state index contributed by atoms with van der Waals surface area (Å²) in [6.07, 6.45) is 0.638. The lowest BCUT2D eigenvalue weighted by Crippen LogP contribution is -2.44. The number of halogens is 1. The molecule has 30 heavy (non-hydrogen) atoms. The predicted octanol–water partition coefficient (Wildman–Crippen LogP) is 4.08. The van der Waals surface area contributed by atoms with Gasteiger partial charge in [0, 0.05) is 30.4 Å². The molecule has 1 heterocycles. The molecule has 1 atom stereocenters. The molecule has 2 aromatic rings. The zero-order valence-corrected chi connectivity index (χ0v) is 18.4. The molecule has 0 aliphatic rings. The number of benzene rings is 1. The van der Waals surface area contributed by atoms with E-state index >= 15 is 0 Å². The van der Waals surface area contributed by atoms with Gasteiger partial charge in [0.15, 0.2) is 5.78 Å². The van der Waals surface area contributed by atoms with E-state index in [-0.39, 0.29) is 18.0 Å². The van der Waals surface area contributed by atoms with Gasteiger partial charge >= 0.3 is 5.97 Å². The summed E-state index contributed by atoms with van der Waals surface area (Å²) >= 11 is 0. The van der Waals surface area contributed by atoms with Crippen LogP contribution in [0.1, 0.15) is 69.7 Å². The molecule has 1 aromatic carbocycles. The Bertz CT molecular complexity index is 964. The molecule has 0 spiro atoms. The number of amides is 1. The molecule has 2 rings (SSSR count). The van der Waals surface area contributed by atoms with Gasteiger partial charge in [-0.25, -0.2) is 9.18 Å². The highest BCUT2D eigenvalue weighted by atomic mass is 19.1.